The third kappa shape index (κ3) is 2.81. The van der Waals surface area contributed by atoms with Crippen LogP contribution in [0.2, 0.25) is 0 Å². The summed E-state index contributed by atoms with van der Waals surface area (Å²) in [5.41, 5.74) is 0.374. The van der Waals surface area contributed by atoms with Gasteiger partial charge in [0.2, 0.25) is 0 Å². The smallest absolute Gasteiger partial charge is 0.350 e. The molecule has 0 saturated carbocycles. The lowest BCUT2D eigenvalue weighted by Crippen LogP contribution is -2.13. The van der Waals surface area contributed by atoms with Crippen molar-refractivity contribution in [2.45, 2.75) is 0 Å². The van der Waals surface area contributed by atoms with Crippen LogP contribution in [0.5, 0.6) is 0 Å². The average Bonchev–Trinajstić information content (AvgIpc) is 2.64. The molecule has 80 valence electrons. The zero-order chi connectivity index (χ0) is 11.4. The van der Waals surface area contributed by atoms with Crippen LogP contribution in [0.1, 0.15) is 9.67 Å². The highest BCUT2D eigenvalue weighted by molar-refractivity contribution is 7.12. The van der Waals surface area contributed by atoms with E-state index in [1.54, 1.807) is 11.4 Å². The molecule has 0 bridgehead atoms. The first-order chi connectivity index (χ1) is 7.06. The molecule has 1 rings (SSSR count). The Kier molecular flexibility index (Phi) is 3.88. The Bertz CT molecular complexity index is 413. The predicted molar refractivity (Wildman–Crippen MR) is 59.3 cm³/mol. The zero-order valence-electron chi connectivity index (χ0n) is 7.87. The maximum Gasteiger partial charge on any atom is 0.350 e. The lowest BCUT2D eigenvalue weighted by molar-refractivity contribution is -0.112. The van der Waals surface area contributed by atoms with Crippen LogP contribution in [0, 0.1) is 0 Å². The first-order valence-electron chi connectivity index (χ1n) is 3.87. The van der Waals surface area contributed by atoms with Gasteiger partial charge in [-0.05, 0) is 11.4 Å². The third-order valence-corrected chi connectivity index (χ3v) is 2.60. The third-order valence-electron chi connectivity index (χ3n) is 1.53. The van der Waals surface area contributed by atoms with E-state index in [2.05, 4.69) is 16.6 Å². The fourth-order valence-electron chi connectivity index (χ4n) is 0.849. The number of carbonyl (C=O) groups is 2. The van der Waals surface area contributed by atoms with Crippen LogP contribution in [0.15, 0.2) is 23.1 Å². The lowest BCUT2D eigenvalue weighted by Gasteiger charge is -2.03. The summed E-state index contributed by atoms with van der Waals surface area (Å²) in [6.07, 6.45) is 0. The summed E-state index contributed by atoms with van der Waals surface area (Å²) < 4.78 is 4.54. The first kappa shape index (κ1) is 11.7. The van der Waals surface area contributed by atoms with E-state index in [-0.39, 0.29) is 5.03 Å². The summed E-state index contributed by atoms with van der Waals surface area (Å²) in [5.74, 6) is -1.04. The summed E-state index contributed by atoms with van der Waals surface area (Å²) in [4.78, 5) is 22.7. The Labute approximate surface area is 95.5 Å². The Hall–Kier alpha value is -1.33. The molecule has 0 atom stereocenters. The normalized spacial score (nSPS) is 9.47. The summed E-state index contributed by atoms with van der Waals surface area (Å²) in [6.45, 7) is 3.27. The topological polar surface area (TPSA) is 55.4 Å². The molecule has 1 amide bonds. The molecule has 0 fully saturated rings. The fraction of sp³-hybridized carbons (Fsp3) is 0.111. The number of halogens is 1. The molecule has 1 N–H and O–H groups in total. The summed E-state index contributed by atoms with van der Waals surface area (Å²) >= 11 is 6.57. The van der Waals surface area contributed by atoms with Crippen LogP contribution < -0.4 is 5.32 Å². The van der Waals surface area contributed by atoms with Crippen molar-refractivity contribution >= 4 is 40.5 Å². The molecule has 6 heteroatoms. The predicted octanol–water partition coefficient (Wildman–Crippen LogP) is 2.23. The number of hydrogen-bond acceptors (Lipinski definition) is 4. The van der Waals surface area contributed by atoms with E-state index in [4.69, 9.17) is 11.6 Å². The van der Waals surface area contributed by atoms with Crippen LogP contribution in [-0.4, -0.2) is 19.0 Å². The molecule has 0 spiro atoms. The highest BCUT2D eigenvalue weighted by Gasteiger charge is 2.15. The van der Waals surface area contributed by atoms with Crippen LogP contribution in [0.4, 0.5) is 5.69 Å². The van der Waals surface area contributed by atoms with Crippen molar-refractivity contribution in [2.24, 2.45) is 0 Å². The molecule has 1 aromatic rings. The number of nitrogens with one attached hydrogen (secondary N) is 1. The van der Waals surface area contributed by atoms with E-state index in [9.17, 15) is 9.59 Å². The summed E-state index contributed by atoms with van der Waals surface area (Å²) in [6, 6.07) is 1.59. The maximum absolute atomic E-state index is 11.2. The van der Waals surface area contributed by atoms with E-state index in [1.165, 1.54) is 18.4 Å². The van der Waals surface area contributed by atoms with E-state index in [0.717, 1.165) is 0 Å². The van der Waals surface area contributed by atoms with Gasteiger partial charge in [0.15, 0.2) is 0 Å². The van der Waals surface area contributed by atoms with Crippen LogP contribution in [-0.2, 0) is 9.53 Å². The second-order valence-corrected chi connectivity index (χ2v) is 3.89. The van der Waals surface area contributed by atoms with Gasteiger partial charge in [0, 0.05) is 0 Å². The van der Waals surface area contributed by atoms with Gasteiger partial charge in [0.25, 0.3) is 5.91 Å². The number of methoxy groups -OCH3 is 1. The van der Waals surface area contributed by atoms with Gasteiger partial charge in [0.05, 0.1) is 17.8 Å². The Morgan fingerprint density at radius 2 is 2.27 bits per heavy atom. The van der Waals surface area contributed by atoms with Crippen molar-refractivity contribution in [3.05, 3.63) is 27.9 Å². The standard InChI is InChI=1S/C9H8ClNO3S/c1-5(10)8(12)11-6-3-4-15-7(6)9(13)14-2/h3-4H,1H2,2H3,(H,11,12). The highest BCUT2D eigenvalue weighted by atomic mass is 35.5. The molecule has 15 heavy (non-hydrogen) atoms. The Morgan fingerprint density at radius 3 is 2.80 bits per heavy atom. The molecule has 0 aliphatic carbocycles. The van der Waals surface area contributed by atoms with Gasteiger partial charge in [-0.25, -0.2) is 4.79 Å². The number of hydrogen-bond donors (Lipinski definition) is 1. The van der Waals surface area contributed by atoms with Crippen molar-refractivity contribution < 1.29 is 14.3 Å². The summed E-state index contributed by atoms with van der Waals surface area (Å²) in [5, 5.41) is 3.97. The molecule has 0 aromatic carbocycles. The molecule has 1 aromatic heterocycles. The van der Waals surface area contributed by atoms with Gasteiger partial charge in [-0.3, -0.25) is 4.79 Å². The number of esters is 1. The lowest BCUT2D eigenvalue weighted by atomic mass is 10.3. The minimum absolute atomic E-state index is 0.142. The van der Waals surface area contributed by atoms with E-state index in [0.29, 0.717) is 10.6 Å². The molecule has 0 saturated heterocycles. The van der Waals surface area contributed by atoms with E-state index >= 15 is 0 Å². The number of ether oxygens (including phenoxy) is 1. The highest BCUT2D eigenvalue weighted by Crippen LogP contribution is 2.23. The Morgan fingerprint density at radius 1 is 1.60 bits per heavy atom. The molecule has 4 nitrogen and oxygen atoms in total. The minimum atomic E-state index is -0.541. The maximum atomic E-state index is 11.2. The van der Waals surface area contributed by atoms with Crippen LogP contribution in [0.3, 0.4) is 0 Å². The fourth-order valence-corrected chi connectivity index (χ4v) is 1.66. The molecule has 0 aliphatic rings. The number of amides is 1. The monoisotopic (exact) mass is 245 g/mol. The van der Waals surface area contributed by atoms with Crippen LogP contribution in [0.25, 0.3) is 0 Å². The van der Waals surface area contributed by atoms with Crippen molar-refractivity contribution in [2.75, 3.05) is 12.4 Å². The van der Waals surface area contributed by atoms with Gasteiger partial charge in [0.1, 0.15) is 4.88 Å². The molecule has 0 radical (unpaired) electrons. The number of thiophene rings is 1. The average molecular weight is 246 g/mol. The van der Waals surface area contributed by atoms with Crippen molar-refractivity contribution in [1.29, 1.82) is 0 Å². The molecule has 0 unspecified atom stereocenters. The quantitative estimate of drug-likeness (QED) is 0.656. The minimum Gasteiger partial charge on any atom is -0.465 e. The van der Waals surface area contributed by atoms with Crippen molar-refractivity contribution in [3.8, 4) is 0 Å². The SMILES string of the molecule is C=C(Cl)C(=O)Nc1ccsc1C(=O)OC. The van der Waals surface area contributed by atoms with Crippen molar-refractivity contribution in [1.82, 2.24) is 0 Å². The van der Waals surface area contributed by atoms with E-state index in [1.807, 2.05) is 0 Å². The van der Waals surface area contributed by atoms with Gasteiger partial charge in [-0.1, -0.05) is 18.2 Å². The van der Waals surface area contributed by atoms with Gasteiger partial charge in [-0.15, -0.1) is 11.3 Å². The van der Waals surface area contributed by atoms with Gasteiger partial charge < -0.3 is 10.1 Å². The van der Waals surface area contributed by atoms with Gasteiger partial charge in [-0.2, -0.15) is 0 Å². The van der Waals surface area contributed by atoms with Crippen molar-refractivity contribution in [3.63, 3.8) is 0 Å². The number of rotatable bonds is 3. The summed E-state index contributed by atoms with van der Waals surface area (Å²) in [7, 11) is 1.27. The van der Waals surface area contributed by atoms with E-state index < -0.39 is 11.9 Å². The first-order valence-corrected chi connectivity index (χ1v) is 5.13. The molecule has 0 aliphatic heterocycles. The second kappa shape index (κ2) is 4.95. The molecule has 1 heterocycles. The van der Waals surface area contributed by atoms with Crippen LogP contribution >= 0.6 is 22.9 Å². The zero-order valence-corrected chi connectivity index (χ0v) is 9.45. The van der Waals surface area contributed by atoms with Gasteiger partial charge >= 0.3 is 5.97 Å². The molecular weight excluding hydrogens is 238 g/mol. The number of carbonyl (C=O) groups excluding carboxylic acids is 2. The largest absolute Gasteiger partial charge is 0.465 e. The Balaban J connectivity index is 2.87. The second-order valence-electron chi connectivity index (χ2n) is 2.51. The number of anilines is 1. The molecular formula is C9H8ClNO3S.